The van der Waals surface area contributed by atoms with Gasteiger partial charge in [0, 0.05) is 32.2 Å². The molecule has 0 bridgehead atoms. The SMILES string of the molecule is C=CC(=O)N1CCC(N2CCNc3c2nn(-c2ccc(Oc4ccccc4)cc2)c3C(N)=O)CC1. The highest BCUT2D eigenvalue weighted by Gasteiger charge is 2.34. The van der Waals surface area contributed by atoms with E-state index in [0.717, 1.165) is 25.1 Å². The minimum atomic E-state index is -0.552. The first-order valence-corrected chi connectivity index (χ1v) is 11.7. The number of aromatic nitrogens is 2. The van der Waals surface area contributed by atoms with Crippen LogP contribution >= 0.6 is 0 Å². The standard InChI is InChI=1S/C26H28N6O3/c1-2-22(33)30-15-12-18(13-16-30)31-17-14-28-23-24(25(27)34)32(29-26(23)31)19-8-10-21(11-9-19)35-20-6-4-3-5-7-20/h2-11,18,28H,1,12-17H2,(H2,27,34). The molecule has 0 atom stereocenters. The minimum absolute atomic E-state index is 0.0376. The van der Waals surface area contributed by atoms with Crippen LogP contribution in [-0.2, 0) is 4.79 Å². The predicted octanol–water partition coefficient (Wildman–Crippen LogP) is 3.17. The number of primary amides is 1. The Labute approximate surface area is 203 Å². The van der Waals surface area contributed by atoms with E-state index >= 15 is 0 Å². The number of ether oxygens (including phenoxy) is 1. The van der Waals surface area contributed by atoms with E-state index in [1.807, 2.05) is 59.5 Å². The second kappa shape index (κ2) is 9.54. The number of carbonyl (C=O) groups is 2. The van der Waals surface area contributed by atoms with Gasteiger partial charge in [-0.1, -0.05) is 24.8 Å². The number of hydrogen-bond donors (Lipinski definition) is 2. The van der Waals surface area contributed by atoms with Gasteiger partial charge < -0.3 is 25.6 Å². The molecular formula is C26H28N6O3. The Bertz CT molecular complexity index is 1230. The third-order valence-corrected chi connectivity index (χ3v) is 6.48. The van der Waals surface area contributed by atoms with E-state index < -0.39 is 5.91 Å². The van der Waals surface area contributed by atoms with E-state index in [2.05, 4.69) is 16.8 Å². The van der Waals surface area contributed by atoms with Crippen molar-refractivity contribution in [3.05, 3.63) is 72.9 Å². The highest BCUT2D eigenvalue weighted by atomic mass is 16.5. The Morgan fingerprint density at radius 1 is 1.03 bits per heavy atom. The van der Waals surface area contributed by atoms with Crippen LogP contribution in [0.4, 0.5) is 11.5 Å². The molecule has 3 N–H and O–H groups in total. The molecule has 1 aromatic heterocycles. The van der Waals surface area contributed by atoms with E-state index in [1.54, 1.807) is 4.68 Å². The molecule has 0 aliphatic carbocycles. The van der Waals surface area contributed by atoms with Gasteiger partial charge in [0.05, 0.1) is 5.69 Å². The van der Waals surface area contributed by atoms with Gasteiger partial charge in [-0.05, 0) is 55.3 Å². The number of likely N-dealkylation sites (tertiary alicyclic amines) is 1. The van der Waals surface area contributed by atoms with Gasteiger partial charge in [0.25, 0.3) is 5.91 Å². The first kappa shape index (κ1) is 22.5. The molecule has 9 nitrogen and oxygen atoms in total. The highest BCUT2D eigenvalue weighted by molar-refractivity contribution is 6.00. The zero-order valence-electron chi connectivity index (χ0n) is 19.4. The number of para-hydroxylation sites is 1. The molecule has 1 saturated heterocycles. The summed E-state index contributed by atoms with van der Waals surface area (Å²) >= 11 is 0. The molecule has 0 unspecified atom stereocenters. The Balaban J connectivity index is 1.41. The molecule has 35 heavy (non-hydrogen) atoms. The van der Waals surface area contributed by atoms with Crippen LogP contribution in [0.1, 0.15) is 23.3 Å². The Morgan fingerprint density at radius 3 is 2.37 bits per heavy atom. The van der Waals surface area contributed by atoms with Gasteiger partial charge in [-0.25, -0.2) is 4.68 Å². The fraction of sp³-hybridized carbons (Fsp3) is 0.269. The second-order valence-electron chi connectivity index (χ2n) is 8.61. The van der Waals surface area contributed by atoms with Crippen molar-refractivity contribution in [1.29, 1.82) is 0 Å². The van der Waals surface area contributed by atoms with Crippen molar-refractivity contribution in [2.45, 2.75) is 18.9 Å². The largest absolute Gasteiger partial charge is 0.457 e. The third kappa shape index (κ3) is 4.44. The van der Waals surface area contributed by atoms with Crippen LogP contribution in [0, 0.1) is 0 Å². The van der Waals surface area contributed by atoms with Gasteiger partial charge in [-0.15, -0.1) is 5.10 Å². The molecule has 3 heterocycles. The third-order valence-electron chi connectivity index (χ3n) is 6.48. The summed E-state index contributed by atoms with van der Waals surface area (Å²) in [4.78, 5) is 28.5. The lowest BCUT2D eigenvalue weighted by atomic mass is 10.0. The molecule has 180 valence electrons. The summed E-state index contributed by atoms with van der Waals surface area (Å²) in [5.41, 5.74) is 7.49. The lowest BCUT2D eigenvalue weighted by Crippen LogP contribution is -2.49. The summed E-state index contributed by atoms with van der Waals surface area (Å²) in [5.74, 6) is 1.54. The smallest absolute Gasteiger partial charge is 0.269 e. The highest BCUT2D eigenvalue weighted by Crippen LogP contribution is 2.36. The van der Waals surface area contributed by atoms with Gasteiger partial charge in [0.2, 0.25) is 5.91 Å². The molecular weight excluding hydrogens is 444 g/mol. The van der Waals surface area contributed by atoms with Crippen molar-refractivity contribution in [3.8, 4) is 17.2 Å². The number of carbonyl (C=O) groups excluding carboxylic acids is 2. The number of benzene rings is 2. The fourth-order valence-electron chi connectivity index (χ4n) is 4.75. The maximum atomic E-state index is 12.5. The van der Waals surface area contributed by atoms with Crippen molar-refractivity contribution in [2.75, 3.05) is 36.4 Å². The number of nitrogens with one attached hydrogen (secondary N) is 1. The molecule has 5 rings (SSSR count). The summed E-state index contributed by atoms with van der Waals surface area (Å²) < 4.78 is 7.48. The molecule has 2 amide bonds. The molecule has 9 heteroatoms. The summed E-state index contributed by atoms with van der Waals surface area (Å²) in [7, 11) is 0. The van der Waals surface area contributed by atoms with E-state index in [-0.39, 0.29) is 11.9 Å². The minimum Gasteiger partial charge on any atom is -0.457 e. The van der Waals surface area contributed by atoms with Crippen LogP contribution in [0.2, 0.25) is 0 Å². The average molecular weight is 473 g/mol. The van der Waals surface area contributed by atoms with E-state index in [1.165, 1.54) is 6.08 Å². The Kier molecular flexibility index (Phi) is 6.13. The normalized spacial score (nSPS) is 15.8. The van der Waals surface area contributed by atoms with Crippen LogP contribution in [-0.4, -0.2) is 58.7 Å². The van der Waals surface area contributed by atoms with E-state index in [4.69, 9.17) is 15.6 Å². The molecule has 0 saturated carbocycles. The van der Waals surface area contributed by atoms with Crippen molar-refractivity contribution in [1.82, 2.24) is 14.7 Å². The lowest BCUT2D eigenvalue weighted by molar-refractivity contribution is -0.127. The van der Waals surface area contributed by atoms with Gasteiger partial charge in [0.15, 0.2) is 11.5 Å². The summed E-state index contributed by atoms with van der Waals surface area (Å²) in [6.07, 6.45) is 3.01. The molecule has 2 aromatic carbocycles. The zero-order chi connectivity index (χ0) is 24.4. The number of nitrogens with two attached hydrogens (primary N) is 1. The average Bonchev–Trinajstić information content (AvgIpc) is 3.29. The molecule has 2 aliphatic heterocycles. The maximum Gasteiger partial charge on any atom is 0.269 e. The first-order chi connectivity index (χ1) is 17.0. The summed E-state index contributed by atoms with van der Waals surface area (Å²) in [5, 5.41) is 8.15. The van der Waals surface area contributed by atoms with Gasteiger partial charge >= 0.3 is 0 Å². The molecule has 3 aromatic rings. The summed E-state index contributed by atoms with van der Waals surface area (Å²) in [6.45, 7) is 6.35. The van der Waals surface area contributed by atoms with Crippen LogP contribution in [0.25, 0.3) is 5.69 Å². The first-order valence-electron chi connectivity index (χ1n) is 11.7. The number of hydrogen-bond acceptors (Lipinski definition) is 6. The molecule has 2 aliphatic rings. The fourth-order valence-corrected chi connectivity index (χ4v) is 4.75. The second-order valence-corrected chi connectivity index (χ2v) is 8.61. The van der Waals surface area contributed by atoms with Crippen molar-refractivity contribution >= 4 is 23.3 Å². The number of rotatable bonds is 6. The van der Waals surface area contributed by atoms with Crippen LogP contribution in [0.3, 0.4) is 0 Å². The molecule has 1 fully saturated rings. The number of anilines is 2. The Morgan fingerprint density at radius 2 is 1.71 bits per heavy atom. The van der Waals surface area contributed by atoms with Gasteiger partial charge in [-0.2, -0.15) is 0 Å². The van der Waals surface area contributed by atoms with Crippen LogP contribution in [0.5, 0.6) is 11.5 Å². The monoisotopic (exact) mass is 472 g/mol. The van der Waals surface area contributed by atoms with E-state index in [9.17, 15) is 9.59 Å². The molecule has 0 spiro atoms. The van der Waals surface area contributed by atoms with Crippen molar-refractivity contribution in [2.24, 2.45) is 5.73 Å². The number of nitrogens with zero attached hydrogens (tertiary/aromatic N) is 4. The van der Waals surface area contributed by atoms with Crippen molar-refractivity contribution < 1.29 is 14.3 Å². The zero-order valence-corrected chi connectivity index (χ0v) is 19.4. The van der Waals surface area contributed by atoms with Crippen LogP contribution in [0.15, 0.2) is 67.3 Å². The topological polar surface area (TPSA) is 106 Å². The van der Waals surface area contributed by atoms with Gasteiger partial charge in [0.1, 0.15) is 17.2 Å². The number of fused-ring (bicyclic) bond motifs is 1. The molecule has 0 radical (unpaired) electrons. The lowest BCUT2D eigenvalue weighted by Gasteiger charge is -2.40. The summed E-state index contributed by atoms with van der Waals surface area (Å²) in [6, 6.07) is 17.1. The van der Waals surface area contributed by atoms with Gasteiger partial charge in [-0.3, -0.25) is 9.59 Å². The quantitative estimate of drug-likeness (QED) is 0.534. The Hall–Kier alpha value is -4.27. The maximum absolute atomic E-state index is 12.5. The number of amides is 2. The van der Waals surface area contributed by atoms with Crippen molar-refractivity contribution in [3.63, 3.8) is 0 Å². The predicted molar refractivity (Wildman–Crippen MR) is 134 cm³/mol. The number of piperidine rings is 1. The van der Waals surface area contributed by atoms with E-state index in [0.29, 0.717) is 48.3 Å². The van der Waals surface area contributed by atoms with Crippen LogP contribution < -0.4 is 20.7 Å².